The molecule has 2 aliphatic heterocycles. The van der Waals surface area contributed by atoms with Gasteiger partial charge in [-0.2, -0.15) is 0 Å². The number of piperazine rings is 1. The first-order valence-corrected chi connectivity index (χ1v) is 9.09. The summed E-state index contributed by atoms with van der Waals surface area (Å²) in [5.41, 5.74) is 0. The van der Waals surface area contributed by atoms with Crippen LogP contribution in [-0.2, 0) is 4.79 Å². The van der Waals surface area contributed by atoms with Crippen LogP contribution in [0.15, 0.2) is 0 Å². The van der Waals surface area contributed by atoms with Gasteiger partial charge >= 0.3 is 5.97 Å². The second kappa shape index (κ2) is 11.0. The number of carboxylic acids is 1. The number of unbranched alkanes of at least 4 members (excludes halogenated alkanes) is 1. The third-order valence-electron chi connectivity index (χ3n) is 2.85. The lowest BCUT2D eigenvalue weighted by atomic mass is 10.1. The van der Waals surface area contributed by atoms with Crippen molar-refractivity contribution in [2.45, 2.75) is 37.4 Å². The zero-order chi connectivity index (χ0) is 13.1. The molecule has 0 spiro atoms. The van der Waals surface area contributed by atoms with Gasteiger partial charge in [-0.05, 0) is 19.3 Å². The highest BCUT2D eigenvalue weighted by atomic mass is 33.1. The van der Waals surface area contributed by atoms with Crippen LogP contribution in [0, 0.1) is 0 Å². The summed E-state index contributed by atoms with van der Waals surface area (Å²) in [5, 5.41) is 15.6. The maximum atomic E-state index is 10.2. The smallest absolute Gasteiger partial charge is 0.303 e. The highest BCUT2D eigenvalue weighted by molar-refractivity contribution is 8.77. The van der Waals surface area contributed by atoms with Crippen molar-refractivity contribution in [2.24, 2.45) is 0 Å². The van der Waals surface area contributed by atoms with Crippen molar-refractivity contribution < 1.29 is 9.90 Å². The third-order valence-corrected chi connectivity index (χ3v) is 5.86. The van der Waals surface area contributed by atoms with Crippen LogP contribution in [0.4, 0.5) is 0 Å². The van der Waals surface area contributed by atoms with Crippen molar-refractivity contribution in [3.8, 4) is 0 Å². The lowest BCUT2D eigenvalue weighted by molar-refractivity contribution is -0.137. The molecule has 0 amide bonds. The molecule has 1 atom stereocenters. The van der Waals surface area contributed by atoms with E-state index in [0.717, 1.165) is 44.3 Å². The highest BCUT2D eigenvalue weighted by Crippen LogP contribution is 2.39. The molecule has 2 rings (SSSR count). The minimum absolute atomic E-state index is 0.338. The van der Waals surface area contributed by atoms with E-state index < -0.39 is 5.97 Å². The number of hydrogen-bond donors (Lipinski definition) is 3. The zero-order valence-electron chi connectivity index (χ0n) is 10.8. The van der Waals surface area contributed by atoms with Crippen LogP contribution < -0.4 is 10.6 Å². The van der Waals surface area contributed by atoms with E-state index in [4.69, 9.17) is 5.11 Å². The SMILES string of the molecule is C1CNCCN1.O=C(O)CCCCC1CCSS1. The van der Waals surface area contributed by atoms with E-state index in [9.17, 15) is 4.79 Å². The fraction of sp³-hybridized carbons (Fsp3) is 0.917. The minimum atomic E-state index is -0.663. The molecule has 6 heteroatoms. The maximum absolute atomic E-state index is 10.2. The topological polar surface area (TPSA) is 61.4 Å². The minimum Gasteiger partial charge on any atom is -0.481 e. The van der Waals surface area contributed by atoms with Gasteiger partial charge in [0.2, 0.25) is 0 Å². The summed E-state index contributed by atoms with van der Waals surface area (Å²) in [4.78, 5) is 10.2. The summed E-state index contributed by atoms with van der Waals surface area (Å²) in [6.07, 6.45) is 4.76. The van der Waals surface area contributed by atoms with E-state index in [1.54, 1.807) is 0 Å². The van der Waals surface area contributed by atoms with Crippen LogP contribution in [0.25, 0.3) is 0 Å². The molecule has 18 heavy (non-hydrogen) atoms. The second-order valence-electron chi connectivity index (χ2n) is 4.47. The Morgan fingerprint density at radius 2 is 1.83 bits per heavy atom. The van der Waals surface area contributed by atoms with Crippen molar-refractivity contribution in [2.75, 3.05) is 31.9 Å². The molecule has 0 saturated carbocycles. The molecule has 2 saturated heterocycles. The Hall–Kier alpha value is 0.0900. The van der Waals surface area contributed by atoms with Crippen molar-refractivity contribution in [1.29, 1.82) is 0 Å². The molecular formula is C12H24N2O2S2. The Kier molecular flexibility index (Phi) is 9.83. The fourth-order valence-corrected chi connectivity index (χ4v) is 4.84. The average molecular weight is 292 g/mol. The molecule has 0 radical (unpaired) electrons. The van der Waals surface area contributed by atoms with Crippen molar-refractivity contribution in [3.05, 3.63) is 0 Å². The van der Waals surface area contributed by atoms with Crippen molar-refractivity contribution >= 4 is 27.6 Å². The Morgan fingerprint density at radius 3 is 2.28 bits per heavy atom. The van der Waals surface area contributed by atoms with Gasteiger partial charge < -0.3 is 15.7 Å². The molecule has 3 N–H and O–H groups in total. The summed E-state index contributed by atoms with van der Waals surface area (Å²) < 4.78 is 0. The largest absolute Gasteiger partial charge is 0.481 e. The Bertz CT molecular complexity index is 209. The standard InChI is InChI=1S/C8H14O2S2.C4H10N2/c9-8(10)4-2-1-3-7-5-6-11-12-7;1-2-6-4-3-5-1/h7H,1-6H2,(H,9,10);5-6H,1-4H2. The normalized spacial score (nSPS) is 23.2. The molecule has 0 bridgehead atoms. The van der Waals surface area contributed by atoms with Gasteiger partial charge in [-0.3, -0.25) is 4.79 Å². The van der Waals surface area contributed by atoms with E-state index in [2.05, 4.69) is 10.6 Å². The Balaban J connectivity index is 0.000000225. The molecule has 4 nitrogen and oxygen atoms in total. The summed E-state index contributed by atoms with van der Waals surface area (Å²) in [6.45, 7) is 4.56. The summed E-state index contributed by atoms with van der Waals surface area (Å²) >= 11 is 0. The average Bonchev–Trinajstić information content (AvgIpc) is 2.90. The van der Waals surface area contributed by atoms with Crippen LogP contribution in [0.5, 0.6) is 0 Å². The van der Waals surface area contributed by atoms with Crippen LogP contribution in [0.1, 0.15) is 32.1 Å². The number of nitrogens with one attached hydrogen (secondary N) is 2. The van der Waals surface area contributed by atoms with E-state index in [1.165, 1.54) is 18.6 Å². The number of hydrogen-bond acceptors (Lipinski definition) is 5. The number of rotatable bonds is 5. The molecule has 2 aliphatic rings. The van der Waals surface area contributed by atoms with Gasteiger partial charge in [0, 0.05) is 43.6 Å². The van der Waals surface area contributed by atoms with Gasteiger partial charge in [-0.15, -0.1) is 0 Å². The van der Waals surface area contributed by atoms with Crippen LogP contribution in [-0.4, -0.2) is 48.3 Å². The highest BCUT2D eigenvalue weighted by Gasteiger charge is 2.15. The number of aliphatic carboxylic acids is 1. The molecule has 1 unspecified atom stereocenters. The van der Waals surface area contributed by atoms with Gasteiger partial charge in [0.05, 0.1) is 0 Å². The molecule has 106 valence electrons. The van der Waals surface area contributed by atoms with Gasteiger partial charge in [0.15, 0.2) is 0 Å². The van der Waals surface area contributed by atoms with E-state index in [1.807, 2.05) is 21.6 Å². The molecule has 2 heterocycles. The lowest BCUT2D eigenvalue weighted by Gasteiger charge is -2.11. The van der Waals surface area contributed by atoms with Crippen LogP contribution in [0.3, 0.4) is 0 Å². The first-order chi connectivity index (χ1) is 8.79. The van der Waals surface area contributed by atoms with Crippen LogP contribution in [0.2, 0.25) is 0 Å². The first kappa shape index (κ1) is 16.1. The predicted molar refractivity (Wildman–Crippen MR) is 80.3 cm³/mol. The summed E-state index contributed by atoms with van der Waals surface area (Å²) in [7, 11) is 3.92. The molecular weight excluding hydrogens is 268 g/mol. The Morgan fingerprint density at radius 1 is 1.17 bits per heavy atom. The van der Waals surface area contributed by atoms with E-state index >= 15 is 0 Å². The van der Waals surface area contributed by atoms with Gasteiger partial charge in [-0.25, -0.2) is 0 Å². The molecule has 0 aromatic carbocycles. The lowest BCUT2D eigenvalue weighted by Crippen LogP contribution is -2.39. The predicted octanol–water partition coefficient (Wildman–Crippen LogP) is 1.96. The first-order valence-electron chi connectivity index (χ1n) is 6.70. The monoisotopic (exact) mass is 292 g/mol. The van der Waals surface area contributed by atoms with Gasteiger partial charge in [-0.1, -0.05) is 28.0 Å². The summed E-state index contributed by atoms with van der Waals surface area (Å²) in [5.74, 6) is 0.609. The van der Waals surface area contributed by atoms with Crippen molar-refractivity contribution in [3.63, 3.8) is 0 Å². The molecule has 0 aromatic rings. The van der Waals surface area contributed by atoms with Crippen LogP contribution >= 0.6 is 21.6 Å². The molecule has 2 fully saturated rings. The molecule has 0 aromatic heterocycles. The third kappa shape index (κ3) is 9.08. The van der Waals surface area contributed by atoms with E-state index in [-0.39, 0.29) is 0 Å². The zero-order valence-corrected chi connectivity index (χ0v) is 12.5. The van der Waals surface area contributed by atoms with E-state index in [0.29, 0.717) is 6.42 Å². The quantitative estimate of drug-likeness (QED) is 0.532. The maximum Gasteiger partial charge on any atom is 0.303 e. The summed E-state index contributed by atoms with van der Waals surface area (Å²) in [6, 6.07) is 0. The van der Waals surface area contributed by atoms with Crippen molar-refractivity contribution in [1.82, 2.24) is 10.6 Å². The molecule has 0 aliphatic carbocycles. The van der Waals surface area contributed by atoms with Gasteiger partial charge in [0.25, 0.3) is 0 Å². The second-order valence-corrected chi connectivity index (χ2v) is 7.26. The number of carboxylic acid groups (broad SMARTS) is 1. The fourth-order valence-electron chi connectivity index (χ4n) is 1.82. The number of carbonyl (C=O) groups is 1. The Labute approximate surface area is 117 Å². The van der Waals surface area contributed by atoms with Gasteiger partial charge in [0.1, 0.15) is 0 Å².